The third-order valence-corrected chi connectivity index (χ3v) is 1.09. The summed E-state index contributed by atoms with van der Waals surface area (Å²) in [4.78, 5) is 10.3. The molecule has 0 aliphatic carbocycles. The Labute approximate surface area is 71.7 Å². The van der Waals surface area contributed by atoms with E-state index in [1.54, 1.807) is 6.08 Å². The number of hydrogen-bond acceptors (Lipinski definition) is 2. The molecule has 12 heavy (non-hydrogen) atoms. The van der Waals surface area contributed by atoms with Gasteiger partial charge in [0.25, 0.3) is 0 Å². The second-order valence-electron chi connectivity index (χ2n) is 2.87. The molecule has 0 amide bonds. The van der Waals surface area contributed by atoms with Gasteiger partial charge in [-0.05, 0) is 26.8 Å². The Morgan fingerprint density at radius 2 is 2.00 bits per heavy atom. The average molecular weight is 168 g/mol. The number of rotatable bonds is 1. The number of allylic oxidation sites excluding steroid dienone is 2. The zero-order valence-electron chi connectivity index (χ0n) is 7.38. The standard InChI is InChI=1S/C9H12O3/c1-7(2)5-4-6-9(3,12)8(10)11/h5,12H,1-3H3,(H,10,11). The van der Waals surface area contributed by atoms with E-state index < -0.39 is 11.6 Å². The van der Waals surface area contributed by atoms with Crippen molar-refractivity contribution in [3.63, 3.8) is 0 Å². The van der Waals surface area contributed by atoms with Gasteiger partial charge in [0, 0.05) is 0 Å². The maximum atomic E-state index is 10.3. The second kappa shape index (κ2) is 3.93. The van der Waals surface area contributed by atoms with E-state index >= 15 is 0 Å². The number of carboxylic acid groups (broad SMARTS) is 1. The number of carboxylic acids is 1. The Morgan fingerprint density at radius 1 is 1.50 bits per heavy atom. The van der Waals surface area contributed by atoms with Gasteiger partial charge in [-0.25, -0.2) is 4.79 Å². The molecule has 0 aromatic carbocycles. The molecular formula is C9H12O3. The molecule has 0 bridgehead atoms. The van der Waals surface area contributed by atoms with Crippen molar-refractivity contribution in [1.82, 2.24) is 0 Å². The lowest BCUT2D eigenvalue weighted by molar-refractivity contribution is -0.151. The van der Waals surface area contributed by atoms with E-state index in [0.717, 1.165) is 12.5 Å². The Kier molecular flexibility index (Phi) is 3.52. The smallest absolute Gasteiger partial charge is 0.348 e. The van der Waals surface area contributed by atoms with E-state index in [1.807, 2.05) is 13.8 Å². The fourth-order valence-corrected chi connectivity index (χ4v) is 0.374. The molecule has 0 saturated carbocycles. The summed E-state index contributed by atoms with van der Waals surface area (Å²) in [5.74, 6) is 3.35. The van der Waals surface area contributed by atoms with Crippen molar-refractivity contribution in [3.8, 4) is 11.8 Å². The van der Waals surface area contributed by atoms with Crippen LogP contribution in [0.15, 0.2) is 11.6 Å². The lowest BCUT2D eigenvalue weighted by atomic mass is 10.1. The minimum atomic E-state index is -1.95. The predicted molar refractivity (Wildman–Crippen MR) is 45.5 cm³/mol. The van der Waals surface area contributed by atoms with Gasteiger partial charge in [-0.1, -0.05) is 17.4 Å². The monoisotopic (exact) mass is 168 g/mol. The van der Waals surface area contributed by atoms with Gasteiger partial charge in [0.2, 0.25) is 5.60 Å². The zero-order chi connectivity index (χ0) is 9.78. The Bertz CT molecular complexity index is 259. The topological polar surface area (TPSA) is 57.5 Å². The summed E-state index contributed by atoms with van der Waals surface area (Å²) in [6.07, 6.45) is 1.55. The average Bonchev–Trinajstić information content (AvgIpc) is 1.85. The molecule has 0 fully saturated rings. The van der Waals surface area contributed by atoms with Crippen molar-refractivity contribution in [2.75, 3.05) is 0 Å². The van der Waals surface area contributed by atoms with Gasteiger partial charge in [0.15, 0.2) is 0 Å². The van der Waals surface area contributed by atoms with E-state index in [9.17, 15) is 4.79 Å². The molecule has 2 N–H and O–H groups in total. The van der Waals surface area contributed by atoms with Crippen LogP contribution in [-0.2, 0) is 4.79 Å². The molecule has 0 aromatic heterocycles. The summed E-state index contributed by atoms with van der Waals surface area (Å²) in [6.45, 7) is 4.81. The van der Waals surface area contributed by atoms with Crippen LogP contribution in [0.25, 0.3) is 0 Å². The Balaban J connectivity index is 4.50. The van der Waals surface area contributed by atoms with E-state index in [0.29, 0.717) is 0 Å². The van der Waals surface area contributed by atoms with Gasteiger partial charge in [0.1, 0.15) is 0 Å². The number of aliphatic hydroxyl groups is 1. The van der Waals surface area contributed by atoms with Crippen molar-refractivity contribution in [1.29, 1.82) is 0 Å². The maximum absolute atomic E-state index is 10.3. The van der Waals surface area contributed by atoms with Gasteiger partial charge in [-0.2, -0.15) is 0 Å². The van der Waals surface area contributed by atoms with Crippen molar-refractivity contribution < 1.29 is 15.0 Å². The normalized spacial score (nSPS) is 13.7. The molecule has 0 aliphatic heterocycles. The number of hydrogen-bond donors (Lipinski definition) is 2. The van der Waals surface area contributed by atoms with Crippen LogP contribution in [0.5, 0.6) is 0 Å². The van der Waals surface area contributed by atoms with Gasteiger partial charge in [-0.15, -0.1) is 0 Å². The van der Waals surface area contributed by atoms with Gasteiger partial charge in [0.05, 0.1) is 0 Å². The molecule has 1 atom stereocenters. The summed E-state index contributed by atoms with van der Waals surface area (Å²) < 4.78 is 0. The fraction of sp³-hybridized carbons (Fsp3) is 0.444. The van der Waals surface area contributed by atoms with E-state index in [-0.39, 0.29) is 0 Å². The first-order chi connectivity index (χ1) is 5.36. The Hall–Kier alpha value is -1.27. The molecule has 0 aromatic rings. The molecule has 1 unspecified atom stereocenters. The number of carbonyl (C=O) groups is 1. The van der Waals surface area contributed by atoms with Crippen LogP contribution in [0.4, 0.5) is 0 Å². The quantitative estimate of drug-likeness (QED) is 0.569. The molecular weight excluding hydrogens is 156 g/mol. The van der Waals surface area contributed by atoms with E-state index in [2.05, 4.69) is 11.8 Å². The van der Waals surface area contributed by atoms with Crippen molar-refractivity contribution >= 4 is 5.97 Å². The van der Waals surface area contributed by atoms with Crippen LogP contribution in [0, 0.1) is 11.8 Å². The predicted octanol–water partition coefficient (Wildman–Crippen LogP) is 0.792. The van der Waals surface area contributed by atoms with Crippen LogP contribution in [0.2, 0.25) is 0 Å². The summed E-state index contributed by atoms with van der Waals surface area (Å²) in [5, 5.41) is 17.5. The molecule has 0 radical (unpaired) electrons. The number of aliphatic carboxylic acids is 1. The molecule has 0 saturated heterocycles. The van der Waals surface area contributed by atoms with Crippen molar-refractivity contribution in [3.05, 3.63) is 11.6 Å². The molecule has 0 heterocycles. The third kappa shape index (κ3) is 3.79. The molecule has 0 spiro atoms. The highest BCUT2D eigenvalue weighted by Gasteiger charge is 2.26. The molecule has 3 nitrogen and oxygen atoms in total. The van der Waals surface area contributed by atoms with E-state index in [1.165, 1.54) is 0 Å². The SMILES string of the molecule is CC(C)=CC#CC(C)(O)C(=O)O. The summed E-state index contributed by atoms with van der Waals surface area (Å²) in [7, 11) is 0. The largest absolute Gasteiger partial charge is 0.478 e. The molecule has 3 heteroatoms. The summed E-state index contributed by atoms with van der Waals surface area (Å²) in [6, 6.07) is 0. The highest BCUT2D eigenvalue weighted by Crippen LogP contribution is 2.00. The van der Waals surface area contributed by atoms with Crippen molar-refractivity contribution in [2.45, 2.75) is 26.4 Å². The minimum absolute atomic E-state index is 0.962. The highest BCUT2D eigenvalue weighted by atomic mass is 16.4. The first-order valence-corrected chi connectivity index (χ1v) is 3.48. The van der Waals surface area contributed by atoms with Crippen LogP contribution >= 0.6 is 0 Å². The Morgan fingerprint density at radius 3 is 2.33 bits per heavy atom. The second-order valence-corrected chi connectivity index (χ2v) is 2.87. The minimum Gasteiger partial charge on any atom is -0.478 e. The first-order valence-electron chi connectivity index (χ1n) is 3.48. The lowest BCUT2D eigenvalue weighted by Crippen LogP contribution is -2.32. The van der Waals surface area contributed by atoms with Crippen molar-refractivity contribution in [2.24, 2.45) is 0 Å². The van der Waals surface area contributed by atoms with Crippen LogP contribution in [0.1, 0.15) is 20.8 Å². The van der Waals surface area contributed by atoms with E-state index in [4.69, 9.17) is 10.2 Å². The van der Waals surface area contributed by atoms with Crippen LogP contribution in [-0.4, -0.2) is 21.8 Å². The van der Waals surface area contributed by atoms with Gasteiger partial charge < -0.3 is 10.2 Å². The summed E-state index contributed by atoms with van der Waals surface area (Å²) >= 11 is 0. The molecule has 0 aliphatic rings. The van der Waals surface area contributed by atoms with Crippen LogP contribution < -0.4 is 0 Å². The van der Waals surface area contributed by atoms with Gasteiger partial charge in [-0.3, -0.25) is 0 Å². The highest BCUT2D eigenvalue weighted by molar-refractivity contribution is 5.80. The third-order valence-electron chi connectivity index (χ3n) is 1.09. The molecule has 0 rings (SSSR count). The zero-order valence-corrected chi connectivity index (χ0v) is 7.38. The first kappa shape index (κ1) is 10.7. The van der Waals surface area contributed by atoms with Gasteiger partial charge >= 0.3 is 5.97 Å². The maximum Gasteiger partial charge on any atom is 0.348 e. The fourth-order valence-electron chi connectivity index (χ4n) is 0.374. The molecule has 66 valence electrons. The van der Waals surface area contributed by atoms with Crippen LogP contribution in [0.3, 0.4) is 0 Å². The lowest BCUT2D eigenvalue weighted by Gasteiger charge is -2.07. The summed E-state index contributed by atoms with van der Waals surface area (Å²) in [5.41, 5.74) is -0.991.